The molecular formula is C16H34. The summed E-state index contributed by atoms with van der Waals surface area (Å²) in [5.74, 6) is 4.46. The Morgan fingerprint density at radius 2 is 1.31 bits per heavy atom. The maximum Gasteiger partial charge on any atom is -0.0360 e. The van der Waals surface area contributed by atoms with E-state index in [1.165, 1.54) is 25.7 Å². The third-order valence-electron chi connectivity index (χ3n) is 4.13. The molecule has 0 aliphatic rings. The minimum atomic E-state index is 0.845. The summed E-state index contributed by atoms with van der Waals surface area (Å²) < 4.78 is 0. The molecule has 0 amide bonds. The van der Waals surface area contributed by atoms with Gasteiger partial charge in [-0.2, -0.15) is 0 Å². The van der Waals surface area contributed by atoms with Crippen LogP contribution < -0.4 is 0 Å². The Morgan fingerprint density at radius 1 is 0.750 bits per heavy atom. The molecule has 0 radical (unpaired) electrons. The van der Waals surface area contributed by atoms with E-state index in [0.717, 1.165) is 29.6 Å². The lowest BCUT2D eigenvalue weighted by atomic mass is 9.73. The van der Waals surface area contributed by atoms with E-state index in [2.05, 4.69) is 48.5 Å². The van der Waals surface area contributed by atoms with Crippen LogP contribution in [0.25, 0.3) is 0 Å². The van der Waals surface area contributed by atoms with Gasteiger partial charge in [0, 0.05) is 0 Å². The molecule has 3 atom stereocenters. The minimum Gasteiger partial charge on any atom is -0.0651 e. The fourth-order valence-electron chi connectivity index (χ4n) is 2.89. The summed E-state index contributed by atoms with van der Waals surface area (Å²) in [5, 5.41) is 0. The van der Waals surface area contributed by atoms with Gasteiger partial charge in [-0.25, -0.2) is 0 Å². The average Bonchev–Trinajstić information content (AvgIpc) is 2.21. The summed E-state index contributed by atoms with van der Waals surface area (Å²) in [5.41, 5.74) is 0. The maximum absolute atomic E-state index is 2.41. The SMILES string of the molecule is CCC(C)CC(C(C)C)C(CC)CC(C)C. The van der Waals surface area contributed by atoms with Crippen LogP contribution in [0.3, 0.4) is 0 Å². The van der Waals surface area contributed by atoms with Crippen molar-refractivity contribution in [2.45, 2.75) is 74.1 Å². The second-order valence-electron chi connectivity index (χ2n) is 6.45. The summed E-state index contributed by atoms with van der Waals surface area (Å²) in [6.07, 6.45) is 5.54. The van der Waals surface area contributed by atoms with Crippen molar-refractivity contribution in [1.82, 2.24) is 0 Å². The predicted octanol–water partition coefficient (Wildman–Crippen LogP) is 5.77. The fourth-order valence-corrected chi connectivity index (χ4v) is 2.89. The molecule has 0 saturated carbocycles. The first-order valence-corrected chi connectivity index (χ1v) is 7.42. The summed E-state index contributed by atoms with van der Waals surface area (Å²) in [6, 6.07) is 0. The summed E-state index contributed by atoms with van der Waals surface area (Å²) in [7, 11) is 0. The molecule has 0 fully saturated rings. The minimum absolute atomic E-state index is 0.845. The van der Waals surface area contributed by atoms with Crippen LogP contribution in [-0.4, -0.2) is 0 Å². The zero-order valence-corrected chi connectivity index (χ0v) is 12.7. The van der Waals surface area contributed by atoms with E-state index in [-0.39, 0.29) is 0 Å². The van der Waals surface area contributed by atoms with Gasteiger partial charge < -0.3 is 0 Å². The van der Waals surface area contributed by atoms with Crippen LogP contribution in [0.4, 0.5) is 0 Å². The van der Waals surface area contributed by atoms with Gasteiger partial charge in [0.05, 0.1) is 0 Å². The molecule has 3 unspecified atom stereocenters. The van der Waals surface area contributed by atoms with Gasteiger partial charge in [0.25, 0.3) is 0 Å². The molecule has 0 aromatic carbocycles. The van der Waals surface area contributed by atoms with Crippen LogP contribution in [-0.2, 0) is 0 Å². The highest BCUT2D eigenvalue weighted by atomic mass is 14.3. The van der Waals surface area contributed by atoms with Crippen LogP contribution >= 0.6 is 0 Å². The van der Waals surface area contributed by atoms with Gasteiger partial charge in [0.15, 0.2) is 0 Å². The highest BCUT2D eigenvalue weighted by Gasteiger charge is 2.25. The van der Waals surface area contributed by atoms with Crippen molar-refractivity contribution in [3.8, 4) is 0 Å². The van der Waals surface area contributed by atoms with Crippen molar-refractivity contribution in [1.29, 1.82) is 0 Å². The molecule has 0 N–H and O–H groups in total. The Hall–Kier alpha value is 0. The van der Waals surface area contributed by atoms with Gasteiger partial charge in [-0.1, -0.05) is 61.3 Å². The smallest absolute Gasteiger partial charge is 0.0360 e. The molecule has 0 aromatic rings. The van der Waals surface area contributed by atoms with Crippen LogP contribution in [0, 0.1) is 29.6 Å². The quantitative estimate of drug-likeness (QED) is 0.493. The third kappa shape index (κ3) is 5.92. The summed E-state index contributed by atoms with van der Waals surface area (Å²) in [6.45, 7) is 16.7. The first-order valence-electron chi connectivity index (χ1n) is 7.42. The molecule has 98 valence electrons. The Bertz CT molecular complexity index is 157. The van der Waals surface area contributed by atoms with Gasteiger partial charge in [-0.05, 0) is 42.4 Å². The van der Waals surface area contributed by atoms with Gasteiger partial charge in [-0.15, -0.1) is 0 Å². The maximum atomic E-state index is 2.41. The van der Waals surface area contributed by atoms with Crippen molar-refractivity contribution in [2.75, 3.05) is 0 Å². The standard InChI is InChI=1S/C16H34/c1-8-14(7)11-16(13(5)6)15(9-2)10-12(3)4/h12-16H,8-11H2,1-7H3. The highest BCUT2D eigenvalue weighted by Crippen LogP contribution is 2.34. The molecule has 0 saturated heterocycles. The van der Waals surface area contributed by atoms with Gasteiger partial charge >= 0.3 is 0 Å². The van der Waals surface area contributed by atoms with E-state index in [4.69, 9.17) is 0 Å². The second kappa shape index (κ2) is 8.14. The highest BCUT2D eigenvalue weighted by molar-refractivity contribution is 4.75. The number of hydrogen-bond donors (Lipinski definition) is 0. The zero-order valence-electron chi connectivity index (χ0n) is 12.7. The Kier molecular flexibility index (Phi) is 8.14. The third-order valence-corrected chi connectivity index (χ3v) is 4.13. The monoisotopic (exact) mass is 226 g/mol. The average molecular weight is 226 g/mol. The van der Waals surface area contributed by atoms with Crippen LogP contribution in [0.15, 0.2) is 0 Å². The topological polar surface area (TPSA) is 0 Å². The van der Waals surface area contributed by atoms with E-state index in [1.54, 1.807) is 0 Å². The summed E-state index contributed by atoms with van der Waals surface area (Å²) in [4.78, 5) is 0. The first-order chi connectivity index (χ1) is 7.42. The van der Waals surface area contributed by atoms with Crippen LogP contribution in [0.2, 0.25) is 0 Å². The Morgan fingerprint density at radius 3 is 1.62 bits per heavy atom. The normalized spacial score (nSPS) is 17.8. The second-order valence-corrected chi connectivity index (χ2v) is 6.45. The van der Waals surface area contributed by atoms with E-state index in [1.807, 2.05) is 0 Å². The molecule has 0 rings (SSSR count). The van der Waals surface area contributed by atoms with Crippen molar-refractivity contribution in [3.05, 3.63) is 0 Å². The molecule has 0 aromatic heterocycles. The van der Waals surface area contributed by atoms with Crippen molar-refractivity contribution in [2.24, 2.45) is 29.6 Å². The van der Waals surface area contributed by atoms with Gasteiger partial charge in [0.1, 0.15) is 0 Å². The lowest BCUT2D eigenvalue weighted by molar-refractivity contribution is 0.177. The molecule has 0 heterocycles. The van der Waals surface area contributed by atoms with E-state index in [9.17, 15) is 0 Å². The van der Waals surface area contributed by atoms with Gasteiger partial charge in [0.2, 0.25) is 0 Å². The Balaban J connectivity index is 4.46. The molecule has 0 aliphatic carbocycles. The van der Waals surface area contributed by atoms with Crippen LogP contribution in [0.1, 0.15) is 74.1 Å². The van der Waals surface area contributed by atoms with Gasteiger partial charge in [-0.3, -0.25) is 0 Å². The molecule has 0 aliphatic heterocycles. The number of hydrogen-bond acceptors (Lipinski definition) is 0. The van der Waals surface area contributed by atoms with E-state index < -0.39 is 0 Å². The predicted molar refractivity (Wildman–Crippen MR) is 75.6 cm³/mol. The lowest BCUT2D eigenvalue weighted by Gasteiger charge is -2.32. The molecular weight excluding hydrogens is 192 g/mol. The summed E-state index contributed by atoms with van der Waals surface area (Å²) >= 11 is 0. The van der Waals surface area contributed by atoms with E-state index >= 15 is 0 Å². The first kappa shape index (κ1) is 16.0. The molecule has 0 nitrogen and oxygen atoms in total. The van der Waals surface area contributed by atoms with Crippen molar-refractivity contribution >= 4 is 0 Å². The molecule has 0 spiro atoms. The van der Waals surface area contributed by atoms with Crippen molar-refractivity contribution in [3.63, 3.8) is 0 Å². The Labute approximate surface area is 104 Å². The zero-order chi connectivity index (χ0) is 12.7. The molecule has 0 bridgehead atoms. The number of rotatable bonds is 8. The van der Waals surface area contributed by atoms with Crippen molar-refractivity contribution < 1.29 is 0 Å². The molecule has 16 heavy (non-hydrogen) atoms. The molecule has 0 heteroatoms. The largest absolute Gasteiger partial charge is 0.0651 e. The lowest BCUT2D eigenvalue weighted by Crippen LogP contribution is -2.23. The fraction of sp³-hybridized carbons (Fsp3) is 1.00. The van der Waals surface area contributed by atoms with Crippen LogP contribution in [0.5, 0.6) is 0 Å². The van der Waals surface area contributed by atoms with E-state index in [0.29, 0.717) is 0 Å².